The predicted octanol–water partition coefficient (Wildman–Crippen LogP) is 2.24. The minimum Gasteiger partial charge on any atom is -0.493 e. The summed E-state index contributed by atoms with van der Waals surface area (Å²) in [5, 5.41) is 13.0. The second-order valence-electron chi connectivity index (χ2n) is 6.63. The number of benzene rings is 2. The van der Waals surface area contributed by atoms with Crippen LogP contribution in [0.2, 0.25) is 0 Å². The van der Waals surface area contributed by atoms with E-state index < -0.39 is 0 Å². The first kappa shape index (κ1) is 18.0. The first-order chi connectivity index (χ1) is 13.7. The maximum atomic E-state index is 12.7. The summed E-state index contributed by atoms with van der Waals surface area (Å²) in [6, 6.07) is 11.3. The molecular weight excluding hydrogens is 356 g/mol. The molecule has 0 radical (unpaired) electrons. The van der Waals surface area contributed by atoms with Crippen LogP contribution in [0.5, 0.6) is 11.5 Å². The molecule has 2 N–H and O–H groups in total. The number of H-pyrrole nitrogens is 1. The van der Waals surface area contributed by atoms with Gasteiger partial charge in [-0.05, 0) is 29.2 Å². The molecule has 28 heavy (non-hydrogen) atoms. The first-order valence-electron chi connectivity index (χ1n) is 9.03. The van der Waals surface area contributed by atoms with Gasteiger partial charge in [0.1, 0.15) is 5.82 Å². The van der Waals surface area contributed by atoms with Crippen molar-refractivity contribution < 1.29 is 9.47 Å². The summed E-state index contributed by atoms with van der Waals surface area (Å²) in [5.41, 5.74) is 3.53. The second kappa shape index (κ2) is 7.33. The van der Waals surface area contributed by atoms with Gasteiger partial charge in [0.2, 0.25) is 0 Å². The Morgan fingerprint density at radius 1 is 1.25 bits per heavy atom. The molecule has 2 heterocycles. The predicted molar refractivity (Wildman–Crippen MR) is 105 cm³/mol. The summed E-state index contributed by atoms with van der Waals surface area (Å²) >= 11 is 0. The highest BCUT2D eigenvalue weighted by Gasteiger charge is 2.25. The Hall–Kier alpha value is -3.37. The molecule has 3 aromatic rings. The summed E-state index contributed by atoms with van der Waals surface area (Å²) in [4.78, 5) is 20.3. The van der Waals surface area contributed by atoms with Gasteiger partial charge in [-0.3, -0.25) is 4.79 Å². The Morgan fingerprint density at radius 2 is 2.04 bits per heavy atom. The van der Waals surface area contributed by atoms with Crippen LogP contribution in [0.1, 0.15) is 28.6 Å². The average molecular weight is 376 g/mol. The van der Waals surface area contributed by atoms with Gasteiger partial charge in [0, 0.05) is 12.6 Å². The zero-order valence-electron chi connectivity index (χ0n) is 15.7. The lowest BCUT2D eigenvalue weighted by Gasteiger charge is -2.27. The van der Waals surface area contributed by atoms with Crippen LogP contribution in [0.15, 0.2) is 35.1 Å². The number of ether oxygens (including phenoxy) is 2. The van der Waals surface area contributed by atoms with E-state index in [0.29, 0.717) is 34.6 Å². The van der Waals surface area contributed by atoms with E-state index in [4.69, 9.17) is 19.7 Å². The van der Waals surface area contributed by atoms with Gasteiger partial charge in [0.25, 0.3) is 5.56 Å². The van der Waals surface area contributed by atoms with E-state index >= 15 is 0 Å². The Balaban J connectivity index is 1.86. The van der Waals surface area contributed by atoms with Gasteiger partial charge < -0.3 is 19.8 Å². The topological polar surface area (TPSA) is 100 Å². The molecule has 7 heteroatoms. The quantitative estimate of drug-likeness (QED) is 0.724. The molecule has 0 amide bonds. The van der Waals surface area contributed by atoms with Crippen LogP contribution in [0.25, 0.3) is 10.9 Å². The van der Waals surface area contributed by atoms with Crippen molar-refractivity contribution in [1.82, 2.24) is 15.3 Å². The second-order valence-corrected chi connectivity index (χ2v) is 6.63. The highest BCUT2D eigenvalue weighted by atomic mass is 16.5. The Labute approximate surface area is 161 Å². The molecule has 1 aliphatic rings. The lowest BCUT2D eigenvalue weighted by Crippen LogP contribution is -2.33. The van der Waals surface area contributed by atoms with Crippen molar-refractivity contribution in [2.45, 2.75) is 18.9 Å². The fourth-order valence-corrected chi connectivity index (χ4v) is 3.80. The largest absolute Gasteiger partial charge is 0.493 e. The third-order valence-corrected chi connectivity index (χ3v) is 5.12. The Bertz CT molecular complexity index is 1150. The minimum atomic E-state index is -0.243. The summed E-state index contributed by atoms with van der Waals surface area (Å²) in [6.45, 7) is 0.744. The zero-order valence-corrected chi connectivity index (χ0v) is 15.7. The Morgan fingerprint density at radius 3 is 2.79 bits per heavy atom. The molecule has 1 unspecified atom stereocenters. The average Bonchev–Trinajstić information content (AvgIpc) is 2.72. The lowest BCUT2D eigenvalue weighted by atomic mass is 9.89. The zero-order chi connectivity index (χ0) is 19.7. The van der Waals surface area contributed by atoms with Gasteiger partial charge in [-0.2, -0.15) is 5.26 Å². The van der Waals surface area contributed by atoms with Crippen LogP contribution >= 0.6 is 0 Å². The van der Waals surface area contributed by atoms with Crippen molar-refractivity contribution in [2.24, 2.45) is 0 Å². The fourth-order valence-electron chi connectivity index (χ4n) is 3.80. The highest BCUT2D eigenvalue weighted by molar-refractivity contribution is 5.82. The standard InChI is InChI=1S/C21H20N4O3/c1-27-17-10-15-16(11-18(17)28-2)24-20(25-21(15)26)19-14-5-3-4-12(6-8-22)13(14)7-9-23-19/h3-5,10-11,19,23H,6-7,9H2,1-2H3,(H,24,25,26). The van der Waals surface area contributed by atoms with Crippen LogP contribution < -0.4 is 20.3 Å². The van der Waals surface area contributed by atoms with Gasteiger partial charge >= 0.3 is 0 Å². The molecule has 1 aliphatic heterocycles. The molecule has 7 nitrogen and oxygen atoms in total. The number of fused-ring (bicyclic) bond motifs is 2. The van der Waals surface area contributed by atoms with Crippen molar-refractivity contribution in [3.05, 3.63) is 63.2 Å². The van der Waals surface area contributed by atoms with Gasteiger partial charge in [-0.25, -0.2) is 4.98 Å². The van der Waals surface area contributed by atoms with Crippen molar-refractivity contribution in [3.63, 3.8) is 0 Å². The van der Waals surface area contributed by atoms with E-state index in [1.54, 1.807) is 19.2 Å². The van der Waals surface area contributed by atoms with Crippen LogP contribution in [0.3, 0.4) is 0 Å². The molecule has 0 saturated carbocycles. The summed E-state index contributed by atoms with van der Waals surface area (Å²) < 4.78 is 10.6. The van der Waals surface area contributed by atoms with E-state index in [1.165, 1.54) is 7.11 Å². The fraction of sp³-hybridized carbons (Fsp3) is 0.286. The van der Waals surface area contributed by atoms with E-state index in [9.17, 15) is 4.79 Å². The van der Waals surface area contributed by atoms with Crippen molar-refractivity contribution in [3.8, 4) is 17.6 Å². The normalized spacial score (nSPS) is 15.7. The van der Waals surface area contributed by atoms with Crippen LogP contribution in [-0.4, -0.2) is 30.7 Å². The molecule has 0 bridgehead atoms. The number of nitriles is 1. The third kappa shape index (κ3) is 2.98. The number of methoxy groups -OCH3 is 2. The molecule has 0 spiro atoms. The third-order valence-electron chi connectivity index (χ3n) is 5.12. The number of aromatic amines is 1. The number of nitrogens with one attached hydrogen (secondary N) is 2. The maximum Gasteiger partial charge on any atom is 0.258 e. The molecule has 0 saturated heterocycles. The molecule has 142 valence electrons. The monoisotopic (exact) mass is 376 g/mol. The van der Waals surface area contributed by atoms with Crippen LogP contribution in [0.4, 0.5) is 0 Å². The number of hydrogen-bond acceptors (Lipinski definition) is 6. The summed E-state index contributed by atoms with van der Waals surface area (Å²) in [5.74, 6) is 1.55. The first-order valence-corrected chi connectivity index (χ1v) is 9.03. The van der Waals surface area contributed by atoms with Crippen molar-refractivity contribution >= 4 is 10.9 Å². The van der Waals surface area contributed by atoms with Crippen molar-refractivity contribution in [2.75, 3.05) is 20.8 Å². The SMILES string of the molecule is COc1cc2nc(C3NCCc4c(CC#N)cccc43)[nH]c(=O)c2cc1OC. The molecule has 1 atom stereocenters. The molecule has 2 aromatic carbocycles. The molecule has 4 rings (SSSR count). The number of hydrogen-bond donors (Lipinski definition) is 2. The molecule has 0 fully saturated rings. The number of nitrogens with zero attached hydrogens (tertiary/aromatic N) is 2. The Kier molecular flexibility index (Phi) is 4.72. The van der Waals surface area contributed by atoms with Gasteiger partial charge in [-0.15, -0.1) is 0 Å². The van der Waals surface area contributed by atoms with E-state index in [-0.39, 0.29) is 11.6 Å². The van der Waals surface area contributed by atoms with Crippen LogP contribution in [0, 0.1) is 11.3 Å². The maximum absolute atomic E-state index is 12.7. The van der Waals surface area contributed by atoms with Gasteiger partial charge in [0.15, 0.2) is 11.5 Å². The van der Waals surface area contributed by atoms with E-state index in [1.807, 2.05) is 18.2 Å². The lowest BCUT2D eigenvalue weighted by molar-refractivity contribution is 0.355. The smallest absolute Gasteiger partial charge is 0.258 e. The highest BCUT2D eigenvalue weighted by Crippen LogP contribution is 2.32. The van der Waals surface area contributed by atoms with Gasteiger partial charge in [0.05, 0.1) is 43.7 Å². The van der Waals surface area contributed by atoms with Gasteiger partial charge in [-0.1, -0.05) is 18.2 Å². The minimum absolute atomic E-state index is 0.233. The van der Waals surface area contributed by atoms with Crippen LogP contribution in [-0.2, 0) is 12.8 Å². The summed E-state index contributed by atoms with van der Waals surface area (Å²) in [6.07, 6.45) is 1.21. The number of aromatic nitrogens is 2. The number of rotatable bonds is 4. The summed E-state index contributed by atoms with van der Waals surface area (Å²) in [7, 11) is 3.08. The van der Waals surface area contributed by atoms with Crippen molar-refractivity contribution in [1.29, 1.82) is 5.26 Å². The molecule has 1 aromatic heterocycles. The van der Waals surface area contributed by atoms with E-state index in [0.717, 1.165) is 29.7 Å². The molecular formula is C21H20N4O3. The molecule has 0 aliphatic carbocycles. The van der Waals surface area contributed by atoms with E-state index in [2.05, 4.69) is 16.4 Å².